The van der Waals surface area contributed by atoms with E-state index in [-0.39, 0.29) is 23.2 Å². The van der Waals surface area contributed by atoms with E-state index >= 15 is 4.39 Å². The number of allylic oxidation sites excluding steroid dienone is 2. The Morgan fingerprint density at radius 3 is 2.55 bits per heavy atom. The monoisotopic (exact) mass is 402 g/mol. The predicted octanol–water partition coefficient (Wildman–Crippen LogP) is 5.94. The molecule has 0 N–H and O–H groups in total. The molecule has 3 nitrogen and oxygen atoms in total. The Hall–Kier alpha value is -1.45. The number of ketones is 1. The van der Waals surface area contributed by atoms with Crippen LogP contribution in [0.25, 0.3) is 0 Å². The number of hydrogen-bond donors (Lipinski definition) is 0. The zero-order valence-corrected chi connectivity index (χ0v) is 18.4. The van der Waals surface area contributed by atoms with E-state index in [4.69, 9.17) is 4.74 Å². The largest absolute Gasteiger partial charge is 0.461 e. The minimum Gasteiger partial charge on any atom is -0.461 e. The molecule has 0 radical (unpaired) electrons. The van der Waals surface area contributed by atoms with Gasteiger partial charge in [0.05, 0.1) is 6.61 Å². The van der Waals surface area contributed by atoms with Crippen molar-refractivity contribution < 1.29 is 18.7 Å². The summed E-state index contributed by atoms with van der Waals surface area (Å²) in [6.45, 7) is 8.75. The number of carbonyl (C=O) groups is 2. The van der Waals surface area contributed by atoms with Crippen LogP contribution in [0.15, 0.2) is 23.0 Å². The van der Waals surface area contributed by atoms with E-state index in [0.717, 1.165) is 38.5 Å². The molecule has 0 unspecified atom stereocenters. The van der Waals surface area contributed by atoms with Gasteiger partial charge >= 0.3 is 5.97 Å². The van der Waals surface area contributed by atoms with Crippen LogP contribution in [0.4, 0.5) is 4.39 Å². The van der Waals surface area contributed by atoms with Gasteiger partial charge in [0.1, 0.15) is 0 Å². The summed E-state index contributed by atoms with van der Waals surface area (Å²) in [6, 6.07) is 0. The second kappa shape index (κ2) is 7.35. The van der Waals surface area contributed by atoms with E-state index in [0.29, 0.717) is 42.1 Å². The fourth-order valence-corrected chi connectivity index (χ4v) is 7.61. The Kier molecular flexibility index (Phi) is 5.28. The molecule has 29 heavy (non-hydrogen) atoms. The summed E-state index contributed by atoms with van der Waals surface area (Å²) in [4.78, 5) is 24.2. The third-order valence-electron chi connectivity index (χ3n) is 9.17. The highest BCUT2D eigenvalue weighted by Gasteiger charge is 2.60. The summed E-state index contributed by atoms with van der Waals surface area (Å²) in [5, 5.41) is 0. The average Bonchev–Trinajstić information content (AvgIpc) is 3.04. The lowest BCUT2D eigenvalue weighted by Gasteiger charge is -2.60. The van der Waals surface area contributed by atoms with Crippen LogP contribution in [0, 0.1) is 34.5 Å². The molecule has 4 heteroatoms. The summed E-state index contributed by atoms with van der Waals surface area (Å²) in [5.74, 6) is 0.927. The zero-order chi connectivity index (χ0) is 21.0. The Labute approximate surface area is 174 Å². The van der Waals surface area contributed by atoms with E-state index in [9.17, 15) is 9.59 Å². The topological polar surface area (TPSA) is 43.4 Å². The van der Waals surface area contributed by atoms with Crippen molar-refractivity contribution in [2.24, 2.45) is 34.5 Å². The van der Waals surface area contributed by atoms with Gasteiger partial charge in [-0.15, -0.1) is 0 Å². The number of carbonyl (C=O) groups excluding carboxylic acids is 2. The summed E-state index contributed by atoms with van der Waals surface area (Å²) in [5.41, 5.74) is 1.95. The lowest BCUT2D eigenvalue weighted by molar-refractivity contribution is -0.140. The van der Waals surface area contributed by atoms with E-state index in [1.165, 1.54) is 5.57 Å². The molecular formula is C25H35FO3. The smallest absolute Gasteiger partial charge is 0.367 e. The first-order valence-corrected chi connectivity index (χ1v) is 11.6. The van der Waals surface area contributed by atoms with Crippen molar-refractivity contribution in [3.63, 3.8) is 0 Å². The van der Waals surface area contributed by atoms with Crippen LogP contribution in [0.3, 0.4) is 0 Å². The Morgan fingerprint density at radius 1 is 1.14 bits per heavy atom. The van der Waals surface area contributed by atoms with Crippen LogP contribution < -0.4 is 0 Å². The highest BCUT2D eigenvalue weighted by molar-refractivity contribution is 5.91. The number of halogens is 1. The van der Waals surface area contributed by atoms with Crippen LogP contribution in [0.5, 0.6) is 0 Å². The summed E-state index contributed by atoms with van der Waals surface area (Å²) in [7, 11) is 0. The van der Waals surface area contributed by atoms with Crippen LogP contribution in [0.2, 0.25) is 0 Å². The number of hydrogen-bond acceptors (Lipinski definition) is 3. The minimum absolute atomic E-state index is 0.109. The minimum atomic E-state index is -0.787. The molecule has 4 aliphatic carbocycles. The molecule has 0 amide bonds. The first-order chi connectivity index (χ1) is 13.8. The Bertz CT molecular complexity index is 781. The van der Waals surface area contributed by atoms with E-state index < -0.39 is 11.8 Å². The van der Waals surface area contributed by atoms with Crippen molar-refractivity contribution in [1.82, 2.24) is 0 Å². The van der Waals surface area contributed by atoms with Crippen molar-refractivity contribution in [1.29, 1.82) is 0 Å². The Morgan fingerprint density at radius 2 is 1.86 bits per heavy atom. The molecule has 0 aromatic heterocycles. The molecule has 0 saturated heterocycles. The number of esters is 1. The van der Waals surface area contributed by atoms with Crippen LogP contribution >= 0.6 is 0 Å². The quantitative estimate of drug-likeness (QED) is 0.433. The Balaban J connectivity index is 1.72. The first-order valence-electron chi connectivity index (χ1n) is 11.6. The van der Waals surface area contributed by atoms with Crippen LogP contribution in [0.1, 0.15) is 79.1 Å². The molecule has 0 aromatic rings. The van der Waals surface area contributed by atoms with Crippen molar-refractivity contribution >= 4 is 11.8 Å². The average molecular weight is 403 g/mol. The van der Waals surface area contributed by atoms with Crippen LogP contribution in [-0.2, 0) is 14.3 Å². The van der Waals surface area contributed by atoms with Gasteiger partial charge < -0.3 is 4.74 Å². The molecule has 0 spiro atoms. The summed E-state index contributed by atoms with van der Waals surface area (Å²) >= 11 is 0. The molecule has 0 bridgehead atoms. The maximum atomic E-state index is 15.1. The molecule has 0 aliphatic heterocycles. The fraction of sp³-hybridized carbons (Fsp3) is 0.760. The van der Waals surface area contributed by atoms with Gasteiger partial charge in [-0.3, -0.25) is 4.79 Å². The molecule has 4 aliphatic rings. The van der Waals surface area contributed by atoms with Crippen LogP contribution in [-0.4, -0.2) is 18.4 Å². The number of fused-ring (bicyclic) bond motifs is 5. The van der Waals surface area contributed by atoms with Crippen molar-refractivity contribution in [3.05, 3.63) is 23.0 Å². The van der Waals surface area contributed by atoms with E-state index in [2.05, 4.69) is 20.8 Å². The van der Waals surface area contributed by atoms with Gasteiger partial charge in [0.25, 0.3) is 0 Å². The van der Waals surface area contributed by atoms with Gasteiger partial charge in [-0.25, -0.2) is 4.79 Å². The van der Waals surface area contributed by atoms with Crippen molar-refractivity contribution in [2.45, 2.75) is 79.1 Å². The fourth-order valence-electron chi connectivity index (χ4n) is 7.61. The van der Waals surface area contributed by atoms with Gasteiger partial charge in [0, 0.05) is 6.42 Å². The highest BCUT2D eigenvalue weighted by Crippen LogP contribution is 2.68. The summed E-state index contributed by atoms with van der Waals surface area (Å²) in [6.07, 6.45) is 9.28. The van der Waals surface area contributed by atoms with Gasteiger partial charge in [-0.1, -0.05) is 32.8 Å². The van der Waals surface area contributed by atoms with Gasteiger partial charge in [-0.05, 0) is 91.6 Å². The lowest BCUT2D eigenvalue weighted by Crippen LogP contribution is -2.53. The van der Waals surface area contributed by atoms with Gasteiger partial charge in [0.2, 0.25) is 5.83 Å². The molecule has 4 rings (SSSR count). The first kappa shape index (κ1) is 20.8. The normalized spacial score (nSPS) is 43.1. The SMILES string of the molecule is CCOC(=O)C(F)=C1CC[C@H]2[C@@H]3[C@@H](CC)CC4=CC(=O)CC[C@]4(C)[C@H]3CC[C@]12C. The standard InChI is InChI=1S/C25H35FO3/c1-5-15-13-16-14-17(27)9-11-24(16,3)19-10-12-25(4)18(21(15)19)7-8-20(25)22(26)23(28)29-6-2/h14-15,18-19,21H,5-13H2,1-4H3/t15-,18-,19-,21-,24-,25-/m0/s1. The number of rotatable bonds is 3. The molecular weight excluding hydrogens is 367 g/mol. The predicted molar refractivity (Wildman–Crippen MR) is 111 cm³/mol. The second-order valence-electron chi connectivity index (χ2n) is 10.2. The molecule has 6 atom stereocenters. The lowest BCUT2D eigenvalue weighted by atomic mass is 9.44. The maximum Gasteiger partial charge on any atom is 0.367 e. The zero-order valence-electron chi connectivity index (χ0n) is 18.4. The molecule has 0 heterocycles. The second-order valence-corrected chi connectivity index (χ2v) is 10.2. The highest BCUT2D eigenvalue weighted by atomic mass is 19.1. The van der Waals surface area contributed by atoms with E-state index in [1.54, 1.807) is 6.92 Å². The molecule has 3 fully saturated rings. The van der Waals surface area contributed by atoms with Gasteiger partial charge in [0.15, 0.2) is 5.78 Å². The molecule has 0 aromatic carbocycles. The molecule has 3 saturated carbocycles. The van der Waals surface area contributed by atoms with Crippen molar-refractivity contribution in [2.75, 3.05) is 6.61 Å². The molecule has 160 valence electrons. The third-order valence-corrected chi connectivity index (χ3v) is 9.17. The van der Waals surface area contributed by atoms with Gasteiger partial charge in [-0.2, -0.15) is 4.39 Å². The summed E-state index contributed by atoms with van der Waals surface area (Å²) < 4.78 is 20.0. The van der Waals surface area contributed by atoms with Crippen molar-refractivity contribution in [3.8, 4) is 0 Å². The maximum absolute atomic E-state index is 15.1. The number of ether oxygens (including phenoxy) is 1. The third kappa shape index (κ3) is 3.04. The van der Waals surface area contributed by atoms with E-state index in [1.807, 2.05) is 6.08 Å².